The van der Waals surface area contributed by atoms with Crippen molar-refractivity contribution in [2.45, 2.75) is 52.6 Å². The van der Waals surface area contributed by atoms with E-state index in [1.807, 2.05) is 32.9 Å². The predicted molar refractivity (Wildman–Crippen MR) is 102 cm³/mol. The first-order chi connectivity index (χ1) is 13.4. The van der Waals surface area contributed by atoms with E-state index in [0.29, 0.717) is 22.5 Å². The molecule has 148 valence electrons. The highest BCUT2D eigenvalue weighted by Crippen LogP contribution is 2.39. The number of furan rings is 1. The van der Waals surface area contributed by atoms with Gasteiger partial charge in [0.15, 0.2) is 23.7 Å². The number of hydrogen-bond acceptors (Lipinski definition) is 7. The van der Waals surface area contributed by atoms with Crippen LogP contribution >= 0.6 is 11.6 Å². The molecule has 3 aromatic heterocycles. The molecule has 1 saturated heterocycles. The van der Waals surface area contributed by atoms with Crippen LogP contribution in [0.4, 0.5) is 0 Å². The third kappa shape index (κ3) is 3.16. The molecule has 0 spiro atoms. The summed E-state index contributed by atoms with van der Waals surface area (Å²) in [6.07, 6.45) is 1.31. The zero-order valence-corrected chi connectivity index (χ0v) is 16.8. The van der Waals surface area contributed by atoms with Gasteiger partial charge in [0.25, 0.3) is 0 Å². The highest BCUT2D eigenvalue weighted by atomic mass is 35.5. The van der Waals surface area contributed by atoms with Gasteiger partial charge in [-0.1, -0.05) is 13.8 Å². The second-order valence-electron chi connectivity index (χ2n) is 6.98. The van der Waals surface area contributed by atoms with Crippen LogP contribution < -0.4 is 0 Å². The van der Waals surface area contributed by atoms with Crippen LogP contribution in [-0.2, 0) is 14.3 Å². The zero-order chi connectivity index (χ0) is 20.0. The number of fused-ring (bicyclic) bond motifs is 1. The minimum atomic E-state index is -0.599. The van der Waals surface area contributed by atoms with Gasteiger partial charge in [-0.2, -0.15) is 10.1 Å². The van der Waals surface area contributed by atoms with E-state index < -0.39 is 12.3 Å². The van der Waals surface area contributed by atoms with Crippen LogP contribution in [0.1, 0.15) is 39.2 Å². The molecule has 28 heavy (non-hydrogen) atoms. The molecule has 1 fully saturated rings. The molecule has 0 aromatic carbocycles. The number of carbonyl (C=O) groups excluding carboxylic acids is 1. The molecule has 0 unspecified atom stereocenters. The largest absolute Gasteiger partial charge is 0.460 e. The highest BCUT2D eigenvalue weighted by molar-refractivity contribution is 6.28. The third-order valence-electron chi connectivity index (χ3n) is 5.05. The maximum atomic E-state index is 11.6. The van der Waals surface area contributed by atoms with Gasteiger partial charge in [-0.05, 0) is 37.1 Å². The summed E-state index contributed by atoms with van der Waals surface area (Å²) in [7, 11) is 0. The van der Waals surface area contributed by atoms with Crippen molar-refractivity contribution in [2.24, 2.45) is 5.92 Å². The second-order valence-corrected chi connectivity index (χ2v) is 7.32. The molecule has 0 amide bonds. The fraction of sp³-hybridized carbons (Fsp3) is 0.474. The summed E-state index contributed by atoms with van der Waals surface area (Å²) >= 11 is 6.19. The summed E-state index contributed by atoms with van der Waals surface area (Å²) in [6.45, 7) is 7.29. The van der Waals surface area contributed by atoms with Gasteiger partial charge >= 0.3 is 5.97 Å². The molecule has 4 rings (SSSR count). The summed E-state index contributed by atoms with van der Waals surface area (Å²) in [5, 5.41) is 5.22. The Kier molecular flexibility index (Phi) is 4.84. The molecule has 1 aliphatic heterocycles. The van der Waals surface area contributed by atoms with Crippen molar-refractivity contribution in [1.82, 2.24) is 19.7 Å². The van der Waals surface area contributed by atoms with Crippen molar-refractivity contribution >= 4 is 28.6 Å². The molecule has 0 saturated carbocycles. The number of aryl methyl sites for hydroxylation is 1. The molecule has 4 heterocycles. The van der Waals surface area contributed by atoms with Crippen molar-refractivity contribution in [3.05, 3.63) is 29.4 Å². The van der Waals surface area contributed by atoms with Crippen LogP contribution in [0.5, 0.6) is 0 Å². The van der Waals surface area contributed by atoms with Crippen molar-refractivity contribution in [3.63, 3.8) is 0 Å². The third-order valence-corrected chi connectivity index (χ3v) is 5.21. The van der Waals surface area contributed by atoms with Crippen LogP contribution in [-0.4, -0.2) is 37.9 Å². The Morgan fingerprint density at radius 3 is 2.79 bits per heavy atom. The van der Waals surface area contributed by atoms with Crippen LogP contribution in [0.2, 0.25) is 5.28 Å². The quantitative estimate of drug-likeness (QED) is 0.480. The first-order valence-corrected chi connectivity index (χ1v) is 9.57. The number of halogens is 1. The number of nitrogens with zero attached hydrogens (tertiary/aromatic N) is 4. The summed E-state index contributed by atoms with van der Waals surface area (Å²) < 4.78 is 19.1. The van der Waals surface area contributed by atoms with Gasteiger partial charge < -0.3 is 13.9 Å². The Bertz CT molecular complexity index is 1030. The van der Waals surface area contributed by atoms with Crippen LogP contribution in [0.15, 0.2) is 22.7 Å². The molecule has 4 atom stereocenters. The van der Waals surface area contributed by atoms with Crippen molar-refractivity contribution in [1.29, 1.82) is 0 Å². The number of aromatic nitrogens is 4. The lowest BCUT2D eigenvalue weighted by molar-refractivity contribution is -0.154. The van der Waals surface area contributed by atoms with E-state index in [0.717, 1.165) is 12.2 Å². The van der Waals surface area contributed by atoms with Gasteiger partial charge in [0.1, 0.15) is 11.5 Å². The summed E-state index contributed by atoms with van der Waals surface area (Å²) in [5.41, 5.74) is 1.05. The normalized spacial score (nSPS) is 24.8. The average molecular weight is 405 g/mol. The second kappa shape index (κ2) is 7.18. The lowest BCUT2D eigenvalue weighted by Crippen LogP contribution is -2.30. The topological polar surface area (TPSA) is 92.3 Å². The maximum Gasteiger partial charge on any atom is 0.303 e. The van der Waals surface area contributed by atoms with E-state index in [-0.39, 0.29) is 23.3 Å². The van der Waals surface area contributed by atoms with Crippen LogP contribution in [0.25, 0.3) is 22.5 Å². The average Bonchev–Trinajstić information content (AvgIpc) is 3.33. The first-order valence-electron chi connectivity index (χ1n) is 9.19. The SMILES string of the molecule is CC[C@H]1O[C@@H](n2ncc3c(-c4ccc(C)o4)nc(Cl)nc32)[C@H](OC(C)=O)[C@@H]1C. The Morgan fingerprint density at radius 2 is 2.14 bits per heavy atom. The monoisotopic (exact) mass is 404 g/mol. The van der Waals surface area contributed by atoms with Gasteiger partial charge in [-0.15, -0.1) is 0 Å². The molecule has 8 nitrogen and oxygen atoms in total. The maximum absolute atomic E-state index is 11.6. The predicted octanol–water partition coefficient (Wildman–Crippen LogP) is 3.92. The summed E-state index contributed by atoms with van der Waals surface area (Å²) in [6, 6.07) is 3.68. The molecular formula is C19H21ClN4O4. The molecule has 1 aliphatic rings. The fourth-order valence-corrected chi connectivity index (χ4v) is 3.87. The van der Waals surface area contributed by atoms with Crippen molar-refractivity contribution < 1.29 is 18.7 Å². The van der Waals surface area contributed by atoms with Crippen molar-refractivity contribution in [2.75, 3.05) is 0 Å². The minimum absolute atomic E-state index is 0.0163. The van der Waals surface area contributed by atoms with Gasteiger partial charge in [0.05, 0.1) is 17.7 Å². The number of ether oxygens (including phenoxy) is 2. The molecule has 3 aromatic rings. The molecule has 0 aliphatic carbocycles. The molecular weight excluding hydrogens is 384 g/mol. The Labute approximate surface area is 166 Å². The van der Waals surface area contributed by atoms with Crippen LogP contribution in [0, 0.1) is 12.8 Å². The van der Waals surface area contributed by atoms with E-state index in [4.69, 9.17) is 25.5 Å². The van der Waals surface area contributed by atoms with E-state index >= 15 is 0 Å². The van der Waals surface area contributed by atoms with Gasteiger partial charge in [0, 0.05) is 12.8 Å². The lowest BCUT2D eigenvalue weighted by Gasteiger charge is -2.21. The minimum Gasteiger partial charge on any atom is -0.460 e. The number of esters is 1. The first kappa shape index (κ1) is 18.9. The van der Waals surface area contributed by atoms with E-state index in [1.165, 1.54) is 6.92 Å². The van der Waals surface area contributed by atoms with Crippen molar-refractivity contribution in [3.8, 4) is 11.5 Å². The highest BCUT2D eigenvalue weighted by Gasteiger charge is 2.45. The standard InChI is InChI=1S/C19H21ClN4O4/c1-5-13-10(3)16(27-11(4)25)18(28-13)24-17-12(8-21-24)15(22-19(20)23-17)14-7-6-9(2)26-14/h6-8,10,13,16,18H,5H2,1-4H3/t10-,13-,16-,18-/m1/s1. The summed E-state index contributed by atoms with van der Waals surface area (Å²) in [5.74, 6) is 0.995. The number of hydrogen-bond donors (Lipinski definition) is 0. The van der Waals surface area contributed by atoms with Gasteiger partial charge in [-0.3, -0.25) is 4.79 Å². The Hall–Kier alpha value is -2.45. The van der Waals surface area contributed by atoms with Gasteiger partial charge in [0.2, 0.25) is 5.28 Å². The zero-order valence-electron chi connectivity index (χ0n) is 16.0. The lowest BCUT2D eigenvalue weighted by atomic mass is 9.98. The molecule has 9 heteroatoms. The molecule has 0 bridgehead atoms. The Morgan fingerprint density at radius 1 is 1.36 bits per heavy atom. The van der Waals surface area contributed by atoms with E-state index in [2.05, 4.69) is 15.1 Å². The smallest absolute Gasteiger partial charge is 0.303 e. The van der Waals surface area contributed by atoms with Gasteiger partial charge in [-0.25, -0.2) is 9.67 Å². The number of rotatable bonds is 4. The van der Waals surface area contributed by atoms with E-state index in [1.54, 1.807) is 10.9 Å². The van der Waals surface area contributed by atoms with Crippen LogP contribution in [0.3, 0.4) is 0 Å². The Balaban J connectivity index is 1.83. The molecule has 0 radical (unpaired) electrons. The molecule has 0 N–H and O–H groups in total. The van der Waals surface area contributed by atoms with E-state index in [9.17, 15) is 4.79 Å². The summed E-state index contributed by atoms with van der Waals surface area (Å²) in [4.78, 5) is 20.3. The fourth-order valence-electron chi connectivity index (χ4n) is 3.71. The number of carbonyl (C=O) groups is 1.